The molecule has 0 radical (unpaired) electrons. The molecule has 2 aromatic carbocycles. The Kier molecular flexibility index (Phi) is 7.11. The molecule has 2 N–H and O–H groups in total. The van der Waals surface area contributed by atoms with Gasteiger partial charge in [0.1, 0.15) is 12.3 Å². The van der Waals surface area contributed by atoms with E-state index in [1.807, 2.05) is 13.1 Å². The largest absolute Gasteiger partial charge is 0.495 e. The zero-order chi connectivity index (χ0) is 26.1. The monoisotopic (exact) mass is 520 g/mol. The number of anilines is 2. The van der Waals surface area contributed by atoms with Crippen molar-refractivity contribution in [1.29, 1.82) is 0 Å². The number of hydrogen-bond acceptors (Lipinski definition) is 6. The van der Waals surface area contributed by atoms with Gasteiger partial charge in [-0.05, 0) is 37.4 Å². The van der Waals surface area contributed by atoms with E-state index in [2.05, 4.69) is 27.4 Å². The van der Waals surface area contributed by atoms with Crippen molar-refractivity contribution in [3.8, 4) is 17.6 Å². The average Bonchev–Trinajstić information content (AvgIpc) is 3.16. The predicted octanol–water partition coefficient (Wildman–Crippen LogP) is 3.81. The van der Waals surface area contributed by atoms with Crippen molar-refractivity contribution < 1.29 is 26.3 Å². The molecule has 0 atom stereocenters. The number of halogens is 3. The van der Waals surface area contributed by atoms with Gasteiger partial charge in [0.15, 0.2) is 9.84 Å². The van der Waals surface area contributed by atoms with Crippen molar-refractivity contribution in [1.82, 2.24) is 9.47 Å². The summed E-state index contributed by atoms with van der Waals surface area (Å²) in [6.45, 7) is 0.839. The summed E-state index contributed by atoms with van der Waals surface area (Å²) in [7, 11) is 0.0764. The van der Waals surface area contributed by atoms with Crippen molar-refractivity contribution in [3.63, 3.8) is 0 Å². The maximum atomic E-state index is 13.1. The van der Waals surface area contributed by atoms with Gasteiger partial charge < -0.3 is 24.8 Å². The third-order valence-corrected chi connectivity index (χ3v) is 6.97. The fraction of sp³-hybridized carbons (Fsp3) is 0.360. The van der Waals surface area contributed by atoms with Gasteiger partial charge in [-0.3, -0.25) is 0 Å². The first kappa shape index (κ1) is 25.7. The second-order valence-electron chi connectivity index (χ2n) is 8.87. The van der Waals surface area contributed by atoms with Gasteiger partial charge in [0.05, 0.1) is 35.8 Å². The number of benzene rings is 2. The first-order valence-electron chi connectivity index (χ1n) is 11.2. The Balaban J connectivity index is 1.57. The molecule has 1 saturated heterocycles. The number of hydrogen-bond donors (Lipinski definition) is 2. The zero-order valence-corrected chi connectivity index (χ0v) is 20.9. The van der Waals surface area contributed by atoms with Crippen LogP contribution in [0.3, 0.4) is 0 Å². The minimum Gasteiger partial charge on any atom is -0.495 e. The summed E-state index contributed by atoms with van der Waals surface area (Å²) in [4.78, 5) is 2.29. The second kappa shape index (κ2) is 9.95. The molecule has 1 aliphatic rings. The summed E-state index contributed by atoms with van der Waals surface area (Å²) in [6, 6.07) is 9.94. The van der Waals surface area contributed by atoms with E-state index in [1.165, 1.54) is 30.0 Å². The van der Waals surface area contributed by atoms with E-state index < -0.39 is 22.6 Å². The van der Waals surface area contributed by atoms with E-state index in [4.69, 9.17) is 4.74 Å². The van der Waals surface area contributed by atoms with Gasteiger partial charge in [-0.2, -0.15) is 13.2 Å². The van der Waals surface area contributed by atoms with E-state index in [-0.39, 0.29) is 17.5 Å². The Labute approximate surface area is 208 Å². The summed E-state index contributed by atoms with van der Waals surface area (Å²) in [5.41, 5.74) is 2.37. The highest BCUT2D eigenvalue weighted by Crippen LogP contribution is 2.31. The quantitative estimate of drug-likeness (QED) is 0.462. The molecule has 0 unspecified atom stereocenters. The van der Waals surface area contributed by atoms with Crippen LogP contribution < -0.4 is 15.4 Å². The van der Waals surface area contributed by atoms with E-state index in [0.29, 0.717) is 27.9 Å². The first-order chi connectivity index (χ1) is 16.9. The van der Waals surface area contributed by atoms with Gasteiger partial charge in [0.2, 0.25) is 0 Å². The van der Waals surface area contributed by atoms with Crippen LogP contribution in [0.1, 0.15) is 5.56 Å². The Bertz CT molecular complexity index is 1430. The van der Waals surface area contributed by atoms with Crippen molar-refractivity contribution in [2.75, 3.05) is 50.7 Å². The van der Waals surface area contributed by atoms with E-state index >= 15 is 0 Å². The lowest BCUT2D eigenvalue weighted by molar-refractivity contribution is -0.139. The molecule has 1 aromatic heterocycles. The number of alkyl halides is 3. The third-order valence-electron chi connectivity index (χ3n) is 5.86. The van der Waals surface area contributed by atoms with E-state index in [1.54, 1.807) is 18.2 Å². The zero-order valence-electron chi connectivity index (χ0n) is 20.1. The first-order valence-corrected chi connectivity index (χ1v) is 13.1. The fourth-order valence-electron chi connectivity index (χ4n) is 4.16. The van der Waals surface area contributed by atoms with Crippen LogP contribution in [0.5, 0.6) is 5.75 Å². The average molecular weight is 521 g/mol. The molecule has 192 valence electrons. The number of aromatic nitrogens is 1. The minimum atomic E-state index is -4.34. The van der Waals surface area contributed by atoms with Crippen LogP contribution in [-0.2, 0) is 16.4 Å². The van der Waals surface area contributed by atoms with Gasteiger partial charge in [-0.1, -0.05) is 11.8 Å². The standard InChI is InChI=1S/C25H27F3N4O3S/c1-31-14-18(15-31)30-22-11-17(12-23-20(22)8-10-32(23)16-25(26,27)28)5-4-9-29-21-7-6-19(36(3,33)34)13-24(21)35-2/h6-8,10-13,18,29-30H,9,14-16H2,1-3H3. The molecule has 7 nitrogen and oxygen atoms in total. The van der Waals surface area contributed by atoms with Gasteiger partial charge >= 0.3 is 6.18 Å². The molecule has 0 spiro atoms. The number of nitrogens with zero attached hydrogens (tertiary/aromatic N) is 2. The van der Waals surface area contributed by atoms with Crippen LogP contribution >= 0.6 is 0 Å². The van der Waals surface area contributed by atoms with Gasteiger partial charge in [-0.25, -0.2) is 8.42 Å². The molecule has 11 heteroatoms. The topological polar surface area (TPSA) is 75.6 Å². The molecule has 36 heavy (non-hydrogen) atoms. The lowest BCUT2D eigenvalue weighted by Gasteiger charge is -2.37. The molecule has 3 aromatic rings. The van der Waals surface area contributed by atoms with Crippen molar-refractivity contribution in [2.45, 2.75) is 23.7 Å². The number of nitrogens with one attached hydrogen (secondary N) is 2. The van der Waals surface area contributed by atoms with Gasteiger partial charge in [0, 0.05) is 48.2 Å². The second-order valence-corrected chi connectivity index (χ2v) is 10.9. The number of fused-ring (bicyclic) bond motifs is 1. The molecule has 0 amide bonds. The van der Waals surface area contributed by atoms with Gasteiger partial charge in [0.25, 0.3) is 0 Å². The minimum absolute atomic E-state index is 0.142. The summed E-state index contributed by atoms with van der Waals surface area (Å²) in [6.07, 6.45) is -1.77. The lowest BCUT2D eigenvalue weighted by atomic mass is 10.1. The number of likely N-dealkylation sites (tertiary alicyclic amines) is 1. The summed E-state index contributed by atoms with van der Waals surface area (Å²) >= 11 is 0. The van der Waals surface area contributed by atoms with Crippen LogP contribution in [0, 0.1) is 11.8 Å². The Morgan fingerprint density at radius 3 is 2.53 bits per heavy atom. The summed E-state index contributed by atoms with van der Waals surface area (Å²) in [5.74, 6) is 6.37. The normalized spacial score (nSPS) is 14.7. The number of likely N-dealkylation sites (N-methyl/N-ethyl adjacent to an activating group) is 1. The Morgan fingerprint density at radius 2 is 1.89 bits per heavy atom. The summed E-state index contributed by atoms with van der Waals surface area (Å²) < 4.78 is 69.3. The fourth-order valence-corrected chi connectivity index (χ4v) is 4.80. The SMILES string of the molecule is COc1cc(S(C)(=O)=O)ccc1NCC#Cc1cc(NC2CN(C)C2)c2ccn(CC(F)(F)F)c2c1. The van der Waals surface area contributed by atoms with Crippen LogP contribution in [0.15, 0.2) is 47.5 Å². The molecule has 0 saturated carbocycles. The van der Waals surface area contributed by atoms with E-state index in [9.17, 15) is 21.6 Å². The highest BCUT2D eigenvalue weighted by molar-refractivity contribution is 7.90. The molecule has 2 heterocycles. The molecule has 4 rings (SSSR count). The molecular formula is C25H27F3N4O3S. The number of methoxy groups -OCH3 is 1. The summed E-state index contributed by atoms with van der Waals surface area (Å²) in [5, 5.41) is 7.24. The van der Waals surface area contributed by atoms with Crippen LogP contribution in [0.2, 0.25) is 0 Å². The van der Waals surface area contributed by atoms with E-state index in [0.717, 1.165) is 25.0 Å². The molecule has 1 fully saturated rings. The third kappa shape index (κ3) is 6.06. The Morgan fingerprint density at radius 1 is 1.14 bits per heavy atom. The maximum Gasteiger partial charge on any atom is 0.406 e. The van der Waals surface area contributed by atoms with Crippen molar-refractivity contribution in [2.24, 2.45) is 0 Å². The number of rotatable bonds is 7. The molecule has 0 bridgehead atoms. The number of ether oxygens (including phenoxy) is 1. The molecule has 1 aliphatic heterocycles. The highest BCUT2D eigenvalue weighted by Gasteiger charge is 2.29. The van der Waals surface area contributed by atoms with Crippen molar-refractivity contribution in [3.05, 3.63) is 48.2 Å². The van der Waals surface area contributed by atoms with Crippen LogP contribution in [0.25, 0.3) is 10.9 Å². The number of sulfone groups is 1. The highest BCUT2D eigenvalue weighted by atomic mass is 32.2. The van der Waals surface area contributed by atoms with Gasteiger partial charge in [-0.15, -0.1) is 0 Å². The molecular weight excluding hydrogens is 493 g/mol. The van der Waals surface area contributed by atoms with Crippen molar-refractivity contribution >= 4 is 32.1 Å². The van der Waals surface area contributed by atoms with Crippen LogP contribution in [-0.4, -0.2) is 70.2 Å². The Hall–Kier alpha value is -3.36. The predicted molar refractivity (Wildman–Crippen MR) is 134 cm³/mol. The van der Waals surface area contributed by atoms with Crippen LogP contribution in [0.4, 0.5) is 24.5 Å². The maximum absolute atomic E-state index is 13.1. The lowest BCUT2D eigenvalue weighted by Crippen LogP contribution is -2.52. The smallest absolute Gasteiger partial charge is 0.406 e. The molecule has 0 aliphatic carbocycles.